The molecule has 14 heavy (non-hydrogen) atoms. The van der Waals surface area contributed by atoms with Gasteiger partial charge in [-0.3, -0.25) is 0 Å². The Morgan fingerprint density at radius 1 is 1.29 bits per heavy atom. The Bertz CT molecular complexity index is 459. The molecule has 4 nitrogen and oxygen atoms in total. The molecule has 1 aromatic carbocycles. The van der Waals surface area contributed by atoms with Crippen LogP contribution in [0.1, 0.15) is 11.1 Å². The molecular formula is C10H12N4. The van der Waals surface area contributed by atoms with Crippen LogP contribution < -0.4 is 5.73 Å². The molecule has 0 fully saturated rings. The first-order chi connectivity index (χ1) is 6.68. The Hall–Kier alpha value is -1.84. The van der Waals surface area contributed by atoms with Crippen molar-refractivity contribution in [2.24, 2.45) is 0 Å². The van der Waals surface area contributed by atoms with Gasteiger partial charge in [-0.2, -0.15) is 5.10 Å². The fourth-order valence-corrected chi connectivity index (χ4v) is 1.34. The monoisotopic (exact) mass is 188 g/mol. The Labute approximate surface area is 82.4 Å². The van der Waals surface area contributed by atoms with Gasteiger partial charge in [-0.25, -0.2) is 0 Å². The van der Waals surface area contributed by atoms with Crippen LogP contribution in [0.25, 0.3) is 5.69 Å². The summed E-state index contributed by atoms with van der Waals surface area (Å²) < 4.78 is 0. The molecule has 0 aliphatic heterocycles. The van der Waals surface area contributed by atoms with E-state index in [1.54, 1.807) is 11.0 Å². The molecule has 0 atom stereocenters. The van der Waals surface area contributed by atoms with Crippen LogP contribution in [0.5, 0.6) is 0 Å². The SMILES string of the molecule is Cc1cccc(-n2ncc(N)n2)c1C. The van der Waals surface area contributed by atoms with Crippen molar-refractivity contribution in [3.05, 3.63) is 35.5 Å². The predicted octanol–water partition coefficient (Wildman–Crippen LogP) is 1.47. The minimum absolute atomic E-state index is 0.436. The van der Waals surface area contributed by atoms with Crippen molar-refractivity contribution in [1.82, 2.24) is 15.0 Å². The van der Waals surface area contributed by atoms with Crippen molar-refractivity contribution in [3.8, 4) is 5.69 Å². The summed E-state index contributed by atoms with van der Waals surface area (Å²) in [5.41, 5.74) is 8.87. The molecule has 1 aromatic heterocycles. The molecule has 0 bridgehead atoms. The standard InChI is InChI=1S/C10H12N4/c1-7-4-3-5-9(8(7)2)14-12-6-10(11)13-14/h3-6H,1-2H3,(H2,11,13). The van der Waals surface area contributed by atoms with Gasteiger partial charge in [0.25, 0.3) is 0 Å². The van der Waals surface area contributed by atoms with E-state index in [1.165, 1.54) is 11.1 Å². The number of nitrogens with zero attached hydrogens (tertiary/aromatic N) is 3. The third kappa shape index (κ3) is 1.35. The summed E-state index contributed by atoms with van der Waals surface area (Å²) in [5.74, 6) is 0.436. The van der Waals surface area contributed by atoms with Gasteiger partial charge in [-0.15, -0.1) is 9.90 Å². The Kier molecular flexibility index (Phi) is 1.96. The van der Waals surface area contributed by atoms with E-state index >= 15 is 0 Å². The smallest absolute Gasteiger partial charge is 0.166 e. The molecule has 0 spiro atoms. The highest BCUT2D eigenvalue weighted by Gasteiger charge is 2.04. The summed E-state index contributed by atoms with van der Waals surface area (Å²) in [5, 5.41) is 8.13. The summed E-state index contributed by atoms with van der Waals surface area (Å²) in [7, 11) is 0. The number of aromatic nitrogens is 3. The topological polar surface area (TPSA) is 56.7 Å². The molecule has 1 heterocycles. The lowest BCUT2D eigenvalue weighted by Gasteiger charge is -2.06. The molecule has 72 valence electrons. The van der Waals surface area contributed by atoms with Gasteiger partial charge in [0.05, 0.1) is 11.9 Å². The van der Waals surface area contributed by atoms with E-state index in [4.69, 9.17) is 5.73 Å². The molecule has 0 unspecified atom stereocenters. The van der Waals surface area contributed by atoms with Gasteiger partial charge in [-0.1, -0.05) is 12.1 Å². The van der Waals surface area contributed by atoms with E-state index in [0.29, 0.717) is 5.82 Å². The molecule has 2 rings (SSSR count). The summed E-state index contributed by atoms with van der Waals surface area (Å²) in [6.45, 7) is 4.11. The fraction of sp³-hybridized carbons (Fsp3) is 0.200. The van der Waals surface area contributed by atoms with Crippen LogP contribution in [0, 0.1) is 13.8 Å². The van der Waals surface area contributed by atoms with Crippen molar-refractivity contribution in [2.45, 2.75) is 13.8 Å². The van der Waals surface area contributed by atoms with Crippen molar-refractivity contribution < 1.29 is 0 Å². The molecule has 0 aliphatic carbocycles. The molecule has 0 aliphatic rings. The number of anilines is 1. The van der Waals surface area contributed by atoms with Crippen LogP contribution in [-0.2, 0) is 0 Å². The third-order valence-electron chi connectivity index (χ3n) is 2.30. The van der Waals surface area contributed by atoms with Crippen LogP contribution in [-0.4, -0.2) is 15.0 Å². The number of nitrogen functional groups attached to an aromatic ring is 1. The van der Waals surface area contributed by atoms with E-state index in [-0.39, 0.29) is 0 Å². The Balaban J connectivity index is 2.57. The van der Waals surface area contributed by atoms with Crippen LogP contribution in [0.2, 0.25) is 0 Å². The molecular weight excluding hydrogens is 176 g/mol. The third-order valence-corrected chi connectivity index (χ3v) is 2.30. The van der Waals surface area contributed by atoms with Crippen LogP contribution >= 0.6 is 0 Å². The summed E-state index contributed by atoms with van der Waals surface area (Å²) >= 11 is 0. The number of nitrogens with two attached hydrogens (primary N) is 1. The molecule has 2 N–H and O–H groups in total. The van der Waals surface area contributed by atoms with Gasteiger partial charge in [0.1, 0.15) is 0 Å². The molecule has 0 saturated heterocycles. The summed E-state index contributed by atoms with van der Waals surface area (Å²) in [6.07, 6.45) is 1.54. The van der Waals surface area contributed by atoms with E-state index in [0.717, 1.165) is 5.69 Å². The first-order valence-corrected chi connectivity index (χ1v) is 4.43. The van der Waals surface area contributed by atoms with Gasteiger partial charge >= 0.3 is 0 Å². The van der Waals surface area contributed by atoms with Gasteiger partial charge < -0.3 is 5.73 Å². The minimum atomic E-state index is 0.436. The number of hydrogen-bond donors (Lipinski definition) is 1. The van der Waals surface area contributed by atoms with E-state index in [1.807, 2.05) is 19.1 Å². The normalized spacial score (nSPS) is 10.4. The van der Waals surface area contributed by atoms with Crippen molar-refractivity contribution in [1.29, 1.82) is 0 Å². The van der Waals surface area contributed by atoms with Crippen molar-refractivity contribution in [2.75, 3.05) is 5.73 Å². The van der Waals surface area contributed by atoms with Crippen LogP contribution in [0.4, 0.5) is 5.82 Å². The summed E-state index contributed by atoms with van der Waals surface area (Å²) in [6, 6.07) is 6.02. The molecule has 0 amide bonds. The second-order valence-corrected chi connectivity index (χ2v) is 3.28. The Morgan fingerprint density at radius 2 is 2.07 bits per heavy atom. The average molecular weight is 188 g/mol. The quantitative estimate of drug-likeness (QED) is 0.737. The van der Waals surface area contributed by atoms with Crippen molar-refractivity contribution >= 4 is 5.82 Å². The lowest BCUT2D eigenvalue weighted by atomic mass is 10.1. The first kappa shape index (κ1) is 8.74. The Morgan fingerprint density at radius 3 is 2.71 bits per heavy atom. The zero-order valence-electron chi connectivity index (χ0n) is 8.23. The lowest BCUT2D eigenvalue weighted by molar-refractivity contribution is 0.748. The second-order valence-electron chi connectivity index (χ2n) is 3.28. The molecule has 0 saturated carbocycles. The second kappa shape index (κ2) is 3.14. The zero-order valence-corrected chi connectivity index (χ0v) is 8.23. The van der Waals surface area contributed by atoms with Gasteiger partial charge in [0.2, 0.25) is 0 Å². The van der Waals surface area contributed by atoms with Crippen LogP contribution in [0.3, 0.4) is 0 Å². The molecule has 0 radical (unpaired) electrons. The van der Waals surface area contributed by atoms with E-state index in [2.05, 4.69) is 23.2 Å². The molecule has 2 aromatic rings. The average Bonchev–Trinajstić information content (AvgIpc) is 2.57. The lowest BCUT2D eigenvalue weighted by Crippen LogP contribution is -2.02. The van der Waals surface area contributed by atoms with Gasteiger partial charge in [0, 0.05) is 0 Å². The van der Waals surface area contributed by atoms with Gasteiger partial charge in [0.15, 0.2) is 5.82 Å². The maximum atomic E-state index is 5.51. The van der Waals surface area contributed by atoms with Crippen molar-refractivity contribution in [3.63, 3.8) is 0 Å². The highest BCUT2D eigenvalue weighted by atomic mass is 15.5. The van der Waals surface area contributed by atoms with E-state index < -0.39 is 0 Å². The predicted molar refractivity (Wildman–Crippen MR) is 55.2 cm³/mol. The number of benzene rings is 1. The van der Waals surface area contributed by atoms with Crippen LogP contribution in [0.15, 0.2) is 24.4 Å². The highest BCUT2D eigenvalue weighted by Crippen LogP contribution is 2.15. The molecule has 4 heteroatoms. The highest BCUT2D eigenvalue weighted by molar-refractivity contribution is 5.43. The maximum absolute atomic E-state index is 5.51. The number of hydrogen-bond acceptors (Lipinski definition) is 3. The number of rotatable bonds is 1. The fourth-order valence-electron chi connectivity index (χ4n) is 1.34. The first-order valence-electron chi connectivity index (χ1n) is 4.43. The minimum Gasteiger partial charge on any atom is -0.381 e. The van der Waals surface area contributed by atoms with Gasteiger partial charge in [-0.05, 0) is 31.0 Å². The van der Waals surface area contributed by atoms with E-state index in [9.17, 15) is 0 Å². The zero-order chi connectivity index (χ0) is 10.1. The number of aryl methyl sites for hydroxylation is 1. The largest absolute Gasteiger partial charge is 0.381 e. The summed E-state index contributed by atoms with van der Waals surface area (Å²) in [4.78, 5) is 1.55. The maximum Gasteiger partial charge on any atom is 0.166 e.